The van der Waals surface area contributed by atoms with Gasteiger partial charge in [-0.05, 0) is 36.9 Å². The van der Waals surface area contributed by atoms with E-state index < -0.39 is 6.23 Å². The molecule has 148 valence electrons. The first-order valence-electron chi connectivity index (χ1n) is 9.18. The van der Waals surface area contributed by atoms with Crippen molar-refractivity contribution in [1.82, 2.24) is 15.2 Å². The zero-order valence-corrected chi connectivity index (χ0v) is 17.8. The Morgan fingerprint density at radius 2 is 2.07 bits per heavy atom. The van der Waals surface area contributed by atoms with Gasteiger partial charge in [0.25, 0.3) is 0 Å². The van der Waals surface area contributed by atoms with Crippen LogP contribution in [-0.2, 0) is 4.79 Å². The number of benzene rings is 2. The fourth-order valence-corrected chi connectivity index (χ4v) is 3.99. The monoisotopic (exact) mass is 426 g/mol. The lowest BCUT2D eigenvalue weighted by molar-refractivity contribution is -0.118. The highest BCUT2D eigenvalue weighted by molar-refractivity contribution is 7.99. The SMILES string of the molecule is CCSc1nnc2c(n1)O[C@H](c1cccc(Cl)c1)N(C(C)=O)c1ccc(C)cc1-2. The molecule has 29 heavy (non-hydrogen) atoms. The third-order valence-corrected chi connectivity index (χ3v) is 5.46. The molecule has 4 rings (SSSR count). The second-order valence-electron chi connectivity index (χ2n) is 6.62. The molecular formula is C21H19ClN4O2S. The first-order valence-corrected chi connectivity index (χ1v) is 10.5. The number of aryl methyl sites for hydroxylation is 1. The van der Waals surface area contributed by atoms with Crippen molar-refractivity contribution in [3.05, 3.63) is 58.6 Å². The summed E-state index contributed by atoms with van der Waals surface area (Å²) in [5.74, 6) is 0.994. The molecule has 6 nitrogen and oxygen atoms in total. The van der Waals surface area contributed by atoms with Crippen molar-refractivity contribution in [2.24, 2.45) is 0 Å². The highest BCUT2D eigenvalue weighted by atomic mass is 35.5. The maximum atomic E-state index is 12.7. The van der Waals surface area contributed by atoms with Crippen molar-refractivity contribution in [3.8, 4) is 17.1 Å². The van der Waals surface area contributed by atoms with E-state index in [1.807, 2.05) is 44.2 Å². The molecule has 2 aromatic carbocycles. The first-order chi connectivity index (χ1) is 14.0. The molecule has 0 saturated heterocycles. The fourth-order valence-electron chi connectivity index (χ4n) is 3.29. The number of hydrogen-bond donors (Lipinski definition) is 0. The van der Waals surface area contributed by atoms with Gasteiger partial charge < -0.3 is 4.74 Å². The third-order valence-electron chi connectivity index (χ3n) is 4.51. The number of carbonyl (C=O) groups excluding carboxylic acids is 1. The molecule has 1 aliphatic heterocycles. The summed E-state index contributed by atoms with van der Waals surface area (Å²) in [4.78, 5) is 18.9. The molecule has 1 aliphatic rings. The topological polar surface area (TPSA) is 68.2 Å². The Hall–Kier alpha value is -2.64. The van der Waals surface area contributed by atoms with Crippen LogP contribution in [0.2, 0.25) is 5.02 Å². The number of anilines is 1. The van der Waals surface area contributed by atoms with Crippen LogP contribution in [0.5, 0.6) is 5.88 Å². The number of halogens is 1. The van der Waals surface area contributed by atoms with E-state index in [0.717, 1.165) is 22.4 Å². The number of fused-ring (bicyclic) bond motifs is 3. The summed E-state index contributed by atoms with van der Waals surface area (Å²) >= 11 is 7.70. The number of rotatable bonds is 3. The highest BCUT2D eigenvalue weighted by Gasteiger charge is 2.34. The number of amides is 1. The van der Waals surface area contributed by atoms with Crippen LogP contribution in [0, 0.1) is 6.92 Å². The van der Waals surface area contributed by atoms with E-state index >= 15 is 0 Å². The normalized spacial score (nSPS) is 15.2. The maximum Gasteiger partial charge on any atom is 0.247 e. The Kier molecular flexibility index (Phi) is 5.43. The molecule has 0 radical (unpaired) electrons. The summed E-state index contributed by atoms with van der Waals surface area (Å²) in [7, 11) is 0. The molecule has 0 unspecified atom stereocenters. The van der Waals surface area contributed by atoms with Crippen LogP contribution in [0.25, 0.3) is 11.3 Å². The van der Waals surface area contributed by atoms with Gasteiger partial charge in [0.15, 0.2) is 5.69 Å². The average molecular weight is 427 g/mol. The first kappa shape index (κ1) is 19.7. The molecular weight excluding hydrogens is 408 g/mol. The summed E-state index contributed by atoms with van der Waals surface area (Å²) in [5.41, 5.74) is 3.75. The average Bonchev–Trinajstić information content (AvgIpc) is 2.82. The van der Waals surface area contributed by atoms with E-state index in [4.69, 9.17) is 16.3 Å². The summed E-state index contributed by atoms with van der Waals surface area (Å²) in [5, 5.41) is 9.72. The van der Waals surface area contributed by atoms with Crippen LogP contribution in [0.4, 0.5) is 5.69 Å². The van der Waals surface area contributed by atoms with Crippen LogP contribution in [0.3, 0.4) is 0 Å². The van der Waals surface area contributed by atoms with Gasteiger partial charge in [0.2, 0.25) is 23.2 Å². The van der Waals surface area contributed by atoms with Crippen LogP contribution in [0.1, 0.15) is 31.2 Å². The van der Waals surface area contributed by atoms with Crippen molar-refractivity contribution in [2.75, 3.05) is 10.7 Å². The fraction of sp³-hybridized carbons (Fsp3) is 0.238. The predicted molar refractivity (Wildman–Crippen MR) is 114 cm³/mol. The molecule has 2 heterocycles. The predicted octanol–water partition coefficient (Wildman–Crippen LogP) is 5.06. The van der Waals surface area contributed by atoms with Crippen molar-refractivity contribution < 1.29 is 9.53 Å². The van der Waals surface area contributed by atoms with E-state index in [0.29, 0.717) is 27.4 Å². The molecule has 1 atom stereocenters. The molecule has 0 spiro atoms. The minimum Gasteiger partial charge on any atom is -0.447 e. The summed E-state index contributed by atoms with van der Waals surface area (Å²) in [6.07, 6.45) is -0.731. The van der Waals surface area contributed by atoms with E-state index in [9.17, 15) is 4.79 Å². The molecule has 0 bridgehead atoms. The van der Waals surface area contributed by atoms with E-state index in [2.05, 4.69) is 15.2 Å². The number of nitrogens with zero attached hydrogens (tertiary/aromatic N) is 4. The van der Waals surface area contributed by atoms with E-state index in [-0.39, 0.29) is 5.91 Å². The number of ether oxygens (including phenoxy) is 1. The standard InChI is InChI=1S/C21H19ClN4O2S/c1-4-29-21-23-19-18(24-25-21)16-10-12(2)8-9-17(16)26(13(3)27)20(28-19)14-6-5-7-15(22)11-14/h5-11,20H,4H2,1-3H3/t20-/m1/s1. The molecule has 0 saturated carbocycles. The Bertz CT molecular complexity index is 1090. The minimum absolute atomic E-state index is 0.163. The molecule has 0 aliphatic carbocycles. The number of aromatic nitrogens is 3. The highest BCUT2D eigenvalue weighted by Crippen LogP contribution is 2.44. The second-order valence-corrected chi connectivity index (χ2v) is 8.28. The van der Waals surface area contributed by atoms with Gasteiger partial charge in [-0.1, -0.05) is 54.0 Å². The molecule has 1 amide bonds. The number of thioether (sulfide) groups is 1. The van der Waals surface area contributed by atoms with Crippen LogP contribution < -0.4 is 9.64 Å². The summed E-state index contributed by atoms with van der Waals surface area (Å²) < 4.78 is 6.30. The largest absolute Gasteiger partial charge is 0.447 e. The number of hydrogen-bond acceptors (Lipinski definition) is 6. The zero-order valence-electron chi connectivity index (χ0n) is 16.2. The second kappa shape index (κ2) is 8.00. The van der Waals surface area contributed by atoms with Gasteiger partial charge >= 0.3 is 0 Å². The number of carbonyl (C=O) groups is 1. The van der Waals surface area contributed by atoms with Gasteiger partial charge in [0.1, 0.15) is 0 Å². The molecule has 8 heteroatoms. The van der Waals surface area contributed by atoms with E-state index in [1.54, 1.807) is 17.0 Å². The van der Waals surface area contributed by atoms with Gasteiger partial charge in [-0.25, -0.2) is 0 Å². The Labute approximate surface area is 178 Å². The zero-order chi connectivity index (χ0) is 20.5. The smallest absolute Gasteiger partial charge is 0.247 e. The van der Waals surface area contributed by atoms with Gasteiger partial charge in [0, 0.05) is 23.1 Å². The van der Waals surface area contributed by atoms with Crippen LogP contribution in [0.15, 0.2) is 47.6 Å². The van der Waals surface area contributed by atoms with Crippen LogP contribution >= 0.6 is 23.4 Å². The Morgan fingerprint density at radius 1 is 1.24 bits per heavy atom. The van der Waals surface area contributed by atoms with Crippen molar-refractivity contribution >= 4 is 35.0 Å². The molecule has 1 aromatic heterocycles. The molecule has 0 fully saturated rings. The molecule has 0 N–H and O–H groups in total. The Balaban J connectivity index is 1.97. The quantitative estimate of drug-likeness (QED) is 0.545. The maximum absolute atomic E-state index is 12.7. The lowest BCUT2D eigenvalue weighted by atomic mass is 10.0. The van der Waals surface area contributed by atoms with Crippen molar-refractivity contribution in [3.63, 3.8) is 0 Å². The van der Waals surface area contributed by atoms with Crippen LogP contribution in [-0.4, -0.2) is 26.8 Å². The third kappa shape index (κ3) is 3.80. The molecule has 3 aromatic rings. The minimum atomic E-state index is -0.731. The van der Waals surface area contributed by atoms with Gasteiger partial charge in [0.05, 0.1) is 5.69 Å². The van der Waals surface area contributed by atoms with E-state index in [1.165, 1.54) is 18.7 Å². The van der Waals surface area contributed by atoms with Gasteiger partial charge in [-0.2, -0.15) is 4.98 Å². The summed E-state index contributed by atoms with van der Waals surface area (Å²) in [6, 6.07) is 13.1. The summed E-state index contributed by atoms with van der Waals surface area (Å²) in [6.45, 7) is 5.52. The van der Waals surface area contributed by atoms with Crippen molar-refractivity contribution in [2.45, 2.75) is 32.2 Å². The lowest BCUT2D eigenvalue weighted by Crippen LogP contribution is -2.36. The van der Waals surface area contributed by atoms with Crippen molar-refractivity contribution in [1.29, 1.82) is 0 Å². The van der Waals surface area contributed by atoms with Gasteiger partial charge in [-0.15, -0.1) is 10.2 Å². The lowest BCUT2D eigenvalue weighted by Gasteiger charge is -2.30. The Morgan fingerprint density at radius 3 is 2.79 bits per heavy atom. The van der Waals surface area contributed by atoms with Gasteiger partial charge in [-0.3, -0.25) is 9.69 Å².